The van der Waals surface area contributed by atoms with Crippen LogP contribution in [0.25, 0.3) is 0 Å². The van der Waals surface area contributed by atoms with Gasteiger partial charge in [0.05, 0.1) is 6.04 Å². The minimum atomic E-state index is -0.334. The molecule has 1 fully saturated rings. The number of methoxy groups -OCH3 is 1. The van der Waals surface area contributed by atoms with Gasteiger partial charge in [-0.1, -0.05) is 25.9 Å². The fraction of sp³-hybridized carbons (Fsp3) is 0.833. The number of ether oxygens (including phenoxy) is 1. The predicted octanol–water partition coefficient (Wildman–Crippen LogP) is 2.14. The van der Waals surface area contributed by atoms with Crippen molar-refractivity contribution >= 4 is 0 Å². The number of hydrogen-bond acceptors (Lipinski definition) is 5. The Balaban J connectivity index is 2.21. The van der Waals surface area contributed by atoms with E-state index in [0.717, 1.165) is 19.3 Å². The summed E-state index contributed by atoms with van der Waals surface area (Å²) < 4.78 is 10.8. The molecule has 0 amide bonds. The molecule has 1 aliphatic carbocycles. The van der Waals surface area contributed by atoms with Crippen LogP contribution in [0.4, 0.5) is 0 Å². The van der Waals surface area contributed by atoms with E-state index < -0.39 is 0 Å². The maximum Gasteiger partial charge on any atom is 0.244 e. The third-order valence-corrected chi connectivity index (χ3v) is 3.60. The highest BCUT2D eigenvalue weighted by molar-refractivity contribution is 5.08. The standard InChI is InChI=1S/C12H21N3O2/c1-11(2,3)8(13)9-14-10(15-17-9)12(16-4)6-5-7-12/h8H,5-7,13H2,1-4H3/t8-/m0/s1. The van der Waals surface area contributed by atoms with Crippen LogP contribution >= 0.6 is 0 Å². The molecule has 1 atom stereocenters. The number of rotatable bonds is 3. The van der Waals surface area contributed by atoms with Gasteiger partial charge in [0.2, 0.25) is 11.7 Å². The van der Waals surface area contributed by atoms with E-state index in [1.54, 1.807) is 7.11 Å². The fourth-order valence-electron chi connectivity index (χ4n) is 1.93. The van der Waals surface area contributed by atoms with Crippen LogP contribution < -0.4 is 5.73 Å². The second-order valence-corrected chi connectivity index (χ2v) is 5.85. The Morgan fingerprint density at radius 3 is 2.47 bits per heavy atom. The molecule has 2 rings (SSSR count). The molecule has 96 valence electrons. The number of nitrogens with two attached hydrogens (primary N) is 1. The molecule has 1 saturated carbocycles. The highest BCUT2D eigenvalue weighted by atomic mass is 16.5. The normalized spacial score (nSPS) is 21.0. The molecule has 0 unspecified atom stereocenters. The fourth-order valence-corrected chi connectivity index (χ4v) is 1.93. The molecule has 1 aromatic rings. The second kappa shape index (κ2) is 4.07. The molecule has 1 aliphatic rings. The van der Waals surface area contributed by atoms with Crippen LogP contribution in [0.2, 0.25) is 0 Å². The Morgan fingerprint density at radius 1 is 1.41 bits per heavy atom. The predicted molar refractivity (Wildman–Crippen MR) is 63.2 cm³/mol. The van der Waals surface area contributed by atoms with Gasteiger partial charge in [0.15, 0.2) is 0 Å². The first kappa shape index (κ1) is 12.5. The number of aromatic nitrogens is 2. The molecule has 17 heavy (non-hydrogen) atoms. The van der Waals surface area contributed by atoms with Gasteiger partial charge in [-0.05, 0) is 24.7 Å². The zero-order chi connectivity index (χ0) is 12.7. The van der Waals surface area contributed by atoms with Crippen LogP contribution in [0.3, 0.4) is 0 Å². The molecular formula is C12H21N3O2. The van der Waals surface area contributed by atoms with Gasteiger partial charge in [0, 0.05) is 7.11 Å². The summed E-state index contributed by atoms with van der Waals surface area (Å²) in [7, 11) is 1.69. The number of nitrogens with zero attached hydrogens (tertiary/aromatic N) is 2. The van der Waals surface area contributed by atoms with E-state index >= 15 is 0 Å². The highest BCUT2D eigenvalue weighted by Crippen LogP contribution is 2.43. The lowest BCUT2D eigenvalue weighted by molar-refractivity contribution is -0.0858. The molecule has 0 saturated heterocycles. The summed E-state index contributed by atoms with van der Waals surface area (Å²) in [5, 5.41) is 4.02. The van der Waals surface area contributed by atoms with Crippen molar-refractivity contribution < 1.29 is 9.26 Å². The SMILES string of the molecule is COC1(c2noc([C@H](N)C(C)(C)C)n2)CCC1. The summed E-state index contributed by atoms with van der Waals surface area (Å²) >= 11 is 0. The first-order chi connectivity index (χ1) is 7.89. The van der Waals surface area contributed by atoms with Gasteiger partial charge in [-0.3, -0.25) is 0 Å². The van der Waals surface area contributed by atoms with Gasteiger partial charge in [0.1, 0.15) is 5.60 Å². The van der Waals surface area contributed by atoms with Crippen molar-refractivity contribution in [1.82, 2.24) is 10.1 Å². The van der Waals surface area contributed by atoms with Crippen molar-refractivity contribution in [2.75, 3.05) is 7.11 Å². The molecule has 1 heterocycles. The van der Waals surface area contributed by atoms with Crippen LogP contribution in [-0.2, 0) is 10.3 Å². The van der Waals surface area contributed by atoms with Crippen LogP contribution in [0.15, 0.2) is 4.52 Å². The summed E-state index contributed by atoms with van der Waals surface area (Å²) in [4.78, 5) is 4.41. The lowest BCUT2D eigenvalue weighted by Crippen LogP contribution is -2.37. The van der Waals surface area contributed by atoms with E-state index in [1.807, 2.05) is 0 Å². The van der Waals surface area contributed by atoms with E-state index in [1.165, 1.54) is 0 Å². The smallest absolute Gasteiger partial charge is 0.244 e. The zero-order valence-electron chi connectivity index (χ0n) is 11.0. The van der Waals surface area contributed by atoms with Crippen molar-refractivity contribution in [3.05, 3.63) is 11.7 Å². The van der Waals surface area contributed by atoms with Crippen LogP contribution in [-0.4, -0.2) is 17.3 Å². The molecule has 0 spiro atoms. The van der Waals surface area contributed by atoms with Gasteiger partial charge >= 0.3 is 0 Å². The first-order valence-electron chi connectivity index (χ1n) is 6.04. The van der Waals surface area contributed by atoms with Gasteiger partial charge < -0.3 is 15.0 Å². The monoisotopic (exact) mass is 239 g/mol. The molecule has 0 radical (unpaired) electrons. The molecule has 5 heteroatoms. The zero-order valence-corrected chi connectivity index (χ0v) is 11.0. The van der Waals surface area contributed by atoms with Crippen LogP contribution in [0, 0.1) is 5.41 Å². The molecule has 1 aromatic heterocycles. The Bertz CT molecular complexity index is 385. The van der Waals surface area contributed by atoms with Gasteiger partial charge in [0.25, 0.3) is 0 Å². The Kier molecular flexibility index (Phi) is 2.99. The van der Waals surface area contributed by atoms with E-state index in [9.17, 15) is 0 Å². The molecule has 5 nitrogen and oxygen atoms in total. The van der Waals surface area contributed by atoms with E-state index in [4.69, 9.17) is 15.0 Å². The summed E-state index contributed by atoms with van der Waals surface area (Å²) in [5.74, 6) is 1.14. The minimum absolute atomic E-state index is 0.0936. The highest BCUT2D eigenvalue weighted by Gasteiger charge is 2.44. The van der Waals surface area contributed by atoms with Gasteiger partial charge in [-0.15, -0.1) is 0 Å². The van der Waals surface area contributed by atoms with Crippen LogP contribution in [0.1, 0.15) is 57.8 Å². The van der Waals surface area contributed by atoms with E-state index in [-0.39, 0.29) is 17.1 Å². The largest absolute Gasteiger partial charge is 0.370 e. The van der Waals surface area contributed by atoms with Crippen molar-refractivity contribution in [2.45, 2.75) is 51.7 Å². The number of hydrogen-bond donors (Lipinski definition) is 1. The second-order valence-electron chi connectivity index (χ2n) is 5.85. The van der Waals surface area contributed by atoms with E-state index in [2.05, 4.69) is 30.9 Å². The molecule has 0 bridgehead atoms. The maximum absolute atomic E-state index is 6.09. The Morgan fingerprint density at radius 2 is 2.06 bits per heavy atom. The molecule has 2 N–H and O–H groups in total. The summed E-state index contributed by atoms with van der Waals surface area (Å²) in [6.07, 6.45) is 3.05. The van der Waals surface area contributed by atoms with Crippen LogP contribution in [0.5, 0.6) is 0 Å². The van der Waals surface area contributed by atoms with Crippen molar-refractivity contribution in [2.24, 2.45) is 11.1 Å². The van der Waals surface area contributed by atoms with E-state index in [0.29, 0.717) is 11.7 Å². The maximum atomic E-state index is 6.09. The lowest BCUT2D eigenvalue weighted by atomic mass is 9.79. The van der Waals surface area contributed by atoms with Gasteiger partial charge in [-0.25, -0.2) is 0 Å². The summed E-state index contributed by atoms with van der Waals surface area (Å²) in [6, 6.07) is -0.252. The Labute approximate surface area is 102 Å². The third-order valence-electron chi connectivity index (χ3n) is 3.60. The molecule has 0 aliphatic heterocycles. The first-order valence-corrected chi connectivity index (χ1v) is 6.04. The quantitative estimate of drug-likeness (QED) is 0.874. The minimum Gasteiger partial charge on any atom is -0.370 e. The van der Waals surface area contributed by atoms with Crippen molar-refractivity contribution in [1.29, 1.82) is 0 Å². The third kappa shape index (κ3) is 2.09. The Hall–Kier alpha value is -0.940. The topological polar surface area (TPSA) is 74.2 Å². The van der Waals surface area contributed by atoms with Crippen molar-refractivity contribution in [3.63, 3.8) is 0 Å². The molecule has 0 aromatic carbocycles. The summed E-state index contributed by atoms with van der Waals surface area (Å²) in [5.41, 5.74) is 5.66. The average Bonchev–Trinajstić information content (AvgIpc) is 2.64. The average molecular weight is 239 g/mol. The lowest BCUT2D eigenvalue weighted by Gasteiger charge is -2.37. The summed E-state index contributed by atoms with van der Waals surface area (Å²) in [6.45, 7) is 6.16. The van der Waals surface area contributed by atoms with Gasteiger partial charge in [-0.2, -0.15) is 4.98 Å². The van der Waals surface area contributed by atoms with Crippen molar-refractivity contribution in [3.8, 4) is 0 Å². The molecular weight excluding hydrogens is 218 g/mol.